The van der Waals surface area contributed by atoms with E-state index in [2.05, 4.69) is 13.8 Å². The Morgan fingerprint density at radius 1 is 0.679 bits per heavy atom. The minimum Gasteiger partial charge on any atom is -0.417 e. The lowest BCUT2D eigenvalue weighted by molar-refractivity contribution is 0.195. The second kappa shape index (κ2) is 14.4. The Morgan fingerprint density at radius 2 is 1.21 bits per heavy atom. The zero-order valence-corrected chi connectivity index (χ0v) is 19.3. The first kappa shape index (κ1) is 25.4. The van der Waals surface area contributed by atoms with Gasteiger partial charge in [-0.3, -0.25) is 13.6 Å². The molecule has 162 valence electrons. The summed E-state index contributed by atoms with van der Waals surface area (Å²) in [7, 11) is -8.27. The van der Waals surface area contributed by atoms with Gasteiger partial charge in [-0.25, -0.2) is 9.13 Å². The van der Waals surface area contributed by atoms with Crippen molar-refractivity contribution in [2.75, 3.05) is 19.8 Å². The average Bonchev–Trinajstić information content (AvgIpc) is 2.68. The molecule has 1 rings (SSSR count). The van der Waals surface area contributed by atoms with Crippen molar-refractivity contribution in [2.45, 2.75) is 72.1 Å². The summed E-state index contributed by atoms with van der Waals surface area (Å²) >= 11 is 0. The van der Waals surface area contributed by atoms with E-state index in [0.717, 1.165) is 38.5 Å². The van der Waals surface area contributed by atoms with Crippen LogP contribution in [0.5, 0.6) is 5.75 Å². The fourth-order valence-corrected chi connectivity index (χ4v) is 7.30. The normalized spacial score (nSPS) is 14.0. The van der Waals surface area contributed by atoms with Crippen LogP contribution < -0.4 is 4.52 Å². The van der Waals surface area contributed by atoms with E-state index in [9.17, 15) is 9.13 Å². The van der Waals surface area contributed by atoms with Crippen molar-refractivity contribution in [3.05, 3.63) is 30.3 Å². The standard InChI is InChI=1S/C20H36O6P2/c1-4-7-9-14-18-24-27(21,25-19-15-10-8-5-2)28(22,23-6-3)26-20-16-12-11-13-17-20/h11-13,16-17H,4-10,14-15,18-19H2,1-3H3. The van der Waals surface area contributed by atoms with Crippen LogP contribution in [0, 0.1) is 0 Å². The molecule has 0 fully saturated rings. The molecular formula is C20H36O6P2. The van der Waals surface area contributed by atoms with Crippen LogP contribution in [0.1, 0.15) is 72.1 Å². The van der Waals surface area contributed by atoms with Gasteiger partial charge in [0, 0.05) is 0 Å². The molecule has 0 aromatic heterocycles. The molecule has 0 heterocycles. The van der Waals surface area contributed by atoms with Crippen LogP contribution >= 0.6 is 14.6 Å². The smallest absolute Gasteiger partial charge is 0.417 e. The molecule has 1 aromatic rings. The van der Waals surface area contributed by atoms with Gasteiger partial charge in [-0.05, 0) is 31.9 Å². The first-order chi connectivity index (χ1) is 13.5. The predicted molar refractivity (Wildman–Crippen MR) is 114 cm³/mol. The molecule has 28 heavy (non-hydrogen) atoms. The highest BCUT2D eigenvalue weighted by Crippen LogP contribution is 2.83. The molecule has 0 N–H and O–H groups in total. The largest absolute Gasteiger partial charge is 0.489 e. The highest BCUT2D eigenvalue weighted by atomic mass is 32.1. The molecule has 1 aromatic carbocycles. The number of para-hydroxylation sites is 1. The van der Waals surface area contributed by atoms with Gasteiger partial charge in [0.25, 0.3) is 0 Å². The first-order valence-corrected chi connectivity index (χ1v) is 14.2. The van der Waals surface area contributed by atoms with Gasteiger partial charge >= 0.3 is 14.6 Å². The van der Waals surface area contributed by atoms with Gasteiger partial charge in [0.05, 0.1) is 19.8 Å². The highest BCUT2D eigenvalue weighted by Gasteiger charge is 2.52. The molecule has 8 heteroatoms. The summed E-state index contributed by atoms with van der Waals surface area (Å²) in [5.41, 5.74) is 0. The van der Waals surface area contributed by atoms with E-state index in [1.807, 2.05) is 6.07 Å². The van der Waals surface area contributed by atoms with E-state index < -0.39 is 14.6 Å². The third-order valence-electron chi connectivity index (χ3n) is 4.06. The van der Waals surface area contributed by atoms with Crippen molar-refractivity contribution in [2.24, 2.45) is 0 Å². The molecule has 0 saturated heterocycles. The summed E-state index contributed by atoms with van der Waals surface area (Å²) in [6.45, 7) is 6.37. The van der Waals surface area contributed by atoms with E-state index in [1.54, 1.807) is 31.2 Å². The monoisotopic (exact) mass is 434 g/mol. The Morgan fingerprint density at radius 3 is 1.68 bits per heavy atom. The number of rotatable bonds is 17. The van der Waals surface area contributed by atoms with Crippen LogP contribution in [0.2, 0.25) is 0 Å². The van der Waals surface area contributed by atoms with Gasteiger partial charge < -0.3 is 4.52 Å². The van der Waals surface area contributed by atoms with Gasteiger partial charge in [0.1, 0.15) is 5.75 Å². The molecule has 6 nitrogen and oxygen atoms in total. The number of benzene rings is 1. The van der Waals surface area contributed by atoms with Gasteiger partial charge in [-0.1, -0.05) is 70.6 Å². The quantitative estimate of drug-likeness (QED) is 0.186. The summed E-state index contributed by atoms with van der Waals surface area (Å²) in [4.78, 5) is 0. The molecule has 0 amide bonds. The number of unbranched alkanes of at least 4 members (excludes halogenated alkanes) is 6. The topological polar surface area (TPSA) is 71.1 Å². The Labute approximate surface area is 170 Å². The Bertz CT molecular complexity index is 590. The lowest BCUT2D eigenvalue weighted by Crippen LogP contribution is -2.07. The summed E-state index contributed by atoms with van der Waals surface area (Å²) in [5.74, 6) is 0.309. The van der Waals surface area contributed by atoms with Crippen LogP contribution in [-0.4, -0.2) is 19.8 Å². The molecular weight excluding hydrogens is 398 g/mol. The van der Waals surface area contributed by atoms with Crippen LogP contribution in [0.4, 0.5) is 0 Å². The molecule has 0 aliphatic rings. The van der Waals surface area contributed by atoms with E-state index in [1.165, 1.54) is 0 Å². The SMILES string of the molecule is CCCCCCOP(=O)(OCCCCCC)P(=O)(OCC)Oc1ccccc1. The molecule has 0 radical (unpaired) electrons. The van der Waals surface area contributed by atoms with E-state index in [4.69, 9.17) is 18.1 Å². The van der Waals surface area contributed by atoms with Crippen molar-refractivity contribution in [3.63, 3.8) is 0 Å². The highest BCUT2D eigenvalue weighted by molar-refractivity contribution is 8.27. The summed E-state index contributed by atoms with van der Waals surface area (Å²) in [6.07, 6.45) is 7.63. The van der Waals surface area contributed by atoms with Crippen LogP contribution in [0.25, 0.3) is 0 Å². The van der Waals surface area contributed by atoms with Crippen LogP contribution in [0.3, 0.4) is 0 Å². The van der Waals surface area contributed by atoms with Crippen molar-refractivity contribution < 1.29 is 27.2 Å². The molecule has 0 spiro atoms. The minimum absolute atomic E-state index is 0.0759. The average molecular weight is 434 g/mol. The molecule has 1 unspecified atom stereocenters. The number of hydrogen-bond acceptors (Lipinski definition) is 6. The molecule has 0 bridgehead atoms. The predicted octanol–water partition coefficient (Wildman–Crippen LogP) is 7.60. The van der Waals surface area contributed by atoms with E-state index in [-0.39, 0.29) is 19.8 Å². The van der Waals surface area contributed by atoms with Crippen molar-refractivity contribution in [1.29, 1.82) is 0 Å². The first-order valence-electron chi connectivity index (χ1n) is 10.4. The van der Waals surface area contributed by atoms with Gasteiger partial charge in [-0.15, -0.1) is 0 Å². The lowest BCUT2D eigenvalue weighted by atomic mass is 10.2. The Balaban J connectivity index is 2.91. The molecule has 1 atom stereocenters. The van der Waals surface area contributed by atoms with Gasteiger partial charge in [-0.2, -0.15) is 0 Å². The molecule has 0 aliphatic carbocycles. The minimum atomic E-state index is -4.16. The maximum atomic E-state index is 13.5. The van der Waals surface area contributed by atoms with Crippen molar-refractivity contribution >= 4 is 14.6 Å². The molecule has 0 saturated carbocycles. The second-order valence-electron chi connectivity index (χ2n) is 6.55. The van der Waals surface area contributed by atoms with E-state index in [0.29, 0.717) is 18.6 Å². The van der Waals surface area contributed by atoms with Crippen LogP contribution in [-0.2, 0) is 22.7 Å². The third kappa shape index (κ3) is 8.80. The molecule has 0 aliphatic heterocycles. The maximum absolute atomic E-state index is 13.5. The van der Waals surface area contributed by atoms with Crippen molar-refractivity contribution in [3.8, 4) is 5.75 Å². The van der Waals surface area contributed by atoms with Gasteiger partial charge in [0.2, 0.25) is 0 Å². The van der Waals surface area contributed by atoms with E-state index >= 15 is 0 Å². The fourth-order valence-electron chi connectivity index (χ4n) is 2.52. The Hall–Kier alpha value is -0.640. The van der Waals surface area contributed by atoms with Crippen molar-refractivity contribution in [1.82, 2.24) is 0 Å². The fraction of sp³-hybridized carbons (Fsp3) is 0.700. The summed E-state index contributed by atoms with van der Waals surface area (Å²) in [5, 5.41) is 0. The lowest BCUT2D eigenvalue weighted by Gasteiger charge is -2.26. The summed E-state index contributed by atoms with van der Waals surface area (Å²) in [6, 6.07) is 8.57. The maximum Gasteiger partial charge on any atom is 0.489 e. The van der Waals surface area contributed by atoms with Gasteiger partial charge in [0.15, 0.2) is 0 Å². The second-order valence-corrected chi connectivity index (χ2v) is 12.3. The Kier molecular flexibility index (Phi) is 13.0. The van der Waals surface area contributed by atoms with Crippen LogP contribution in [0.15, 0.2) is 30.3 Å². The third-order valence-corrected chi connectivity index (χ3v) is 9.79. The zero-order chi connectivity index (χ0) is 20.7. The zero-order valence-electron chi connectivity index (χ0n) is 17.5. The number of hydrogen-bond donors (Lipinski definition) is 0. The summed E-state index contributed by atoms with van der Waals surface area (Å²) < 4.78 is 49.2.